The highest BCUT2D eigenvalue weighted by Crippen LogP contribution is 2.19. The van der Waals surface area contributed by atoms with Crippen LogP contribution in [0.25, 0.3) is 10.9 Å². The average molecular weight is 429 g/mol. The molecule has 0 aliphatic heterocycles. The Morgan fingerprint density at radius 3 is 2.75 bits per heavy atom. The minimum atomic E-state index is -0.00515. The lowest BCUT2D eigenvalue weighted by Crippen LogP contribution is -2.17. The molecule has 0 spiro atoms. The van der Waals surface area contributed by atoms with Crippen molar-refractivity contribution in [1.29, 1.82) is 0 Å². The minimum absolute atomic E-state index is 0.00515. The van der Waals surface area contributed by atoms with Gasteiger partial charge in [0, 0.05) is 55.8 Å². The summed E-state index contributed by atoms with van der Waals surface area (Å²) in [5, 5.41) is 4.53. The van der Waals surface area contributed by atoms with Gasteiger partial charge in [-0.15, -0.1) is 0 Å². The second-order valence-corrected chi connectivity index (χ2v) is 7.83. The van der Waals surface area contributed by atoms with Gasteiger partial charge in [-0.2, -0.15) is 0 Å². The Hall–Kier alpha value is -3.51. The molecule has 4 rings (SSSR count). The van der Waals surface area contributed by atoms with Gasteiger partial charge in [-0.25, -0.2) is 0 Å². The molecule has 1 aromatic carbocycles. The Morgan fingerprint density at radius 2 is 1.88 bits per heavy atom. The third-order valence-corrected chi connectivity index (χ3v) is 5.53. The van der Waals surface area contributed by atoms with Crippen LogP contribution in [0.15, 0.2) is 78.0 Å². The van der Waals surface area contributed by atoms with E-state index < -0.39 is 0 Å². The maximum absolute atomic E-state index is 11.7. The summed E-state index contributed by atoms with van der Waals surface area (Å²) in [7, 11) is 1.78. The fourth-order valence-corrected chi connectivity index (χ4v) is 3.70. The topological polar surface area (TPSA) is 69.0 Å². The lowest BCUT2D eigenvalue weighted by Gasteiger charge is -2.11. The largest absolute Gasteiger partial charge is 0.494 e. The van der Waals surface area contributed by atoms with E-state index in [0.29, 0.717) is 6.61 Å². The van der Waals surface area contributed by atoms with E-state index in [0.717, 1.165) is 54.7 Å². The molecule has 0 bridgehead atoms. The first kappa shape index (κ1) is 21.7. The number of hydrogen-bond donors (Lipinski definition) is 1. The summed E-state index contributed by atoms with van der Waals surface area (Å²) < 4.78 is 7.55. The summed E-state index contributed by atoms with van der Waals surface area (Å²) in [6.45, 7) is 2.39. The highest BCUT2D eigenvalue weighted by molar-refractivity contribution is 5.80. The second-order valence-electron chi connectivity index (χ2n) is 7.83. The van der Waals surface area contributed by atoms with Crippen LogP contribution < -0.4 is 15.6 Å². The van der Waals surface area contributed by atoms with Crippen LogP contribution in [0.4, 0.5) is 0 Å². The Morgan fingerprint density at radius 1 is 1.00 bits per heavy atom. The molecule has 0 fully saturated rings. The molecular formula is C26H28N4O2. The summed E-state index contributed by atoms with van der Waals surface area (Å²) >= 11 is 0. The zero-order valence-corrected chi connectivity index (χ0v) is 18.3. The molecule has 32 heavy (non-hydrogen) atoms. The van der Waals surface area contributed by atoms with Crippen molar-refractivity contribution in [3.63, 3.8) is 0 Å². The molecule has 164 valence electrons. The number of fused-ring (bicyclic) bond motifs is 1. The number of rotatable bonds is 10. The van der Waals surface area contributed by atoms with Crippen LogP contribution in [0.2, 0.25) is 0 Å². The molecule has 3 aromatic heterocycles. The molecule has 1 N–H and O–H groups in total. The fraction of sp³-hybridized carbons (Fsp3) is 0.269. The van der Waals surface area contributed by atoms with Crippen molar-refractivity contribution in [3.8, 4) is 5.75 Å². The number of pyridine rings is 3. The van der Waals surface area contributed by atoms with E-state index in [1.165, 1.54) is 11.1 Å². The normalized spacial score (nSPS) is 11.0. The molecule has 0 amide bonds. The van der Waals surface area contributed by atoms with Crippen LogP contribution in [-0.4, -0.2) is 27.7 Å². The molecule has 0 aliphatic carbocycles. The van der Waals surface area contributed by atoms with Gasteiger partial charge in [0.1, 0.15) is 5.75 Å². The average Bonchev–Trinajstić information content (AvgIpc) is 2.82. The van der Waals surface area contributed by atoms with Crippen molar-refractivity contribution in [2.24, 2.45) is 7.05 Å². The van der Waals surface area contributed by atoms with Crippen molar-refractivity contribution in [2.75, 3.05) is 13.2 Å². The Balaban J connectivity index is 1.20. The first-order valence-corrected chi connectivity index (χ1v) is 11.0. The Labute approximate surface area is 187 Å². The first-order chi connectivity index (χ1) is 15.7. The number of unbranched alkanes of at least 4 members (excludes halogenated alkanes) is 1. The van der Waals surface area contributed by atoms with Crippen molar-refractivity contribution < 1.29 is 4.74 Å². The fourth-order valence-electron chi connectivity index (χ4n) is 3.70. The van der Waals surface area contributed by atoms with Crippen LogP contribution in [-0.2, 0) is 20.0 Å². The lowest BCUT2D eigenvalue weighted by molar-refractivity contribution is 0.306. The van der Waals surface area contributed by atoms with Gasteiger partial charge >= 0.3 is 0 Å². The molecule has 3 heterocycles. The van der Waals surface area contributed by atoms with E-state index in [1.807, 2.05) is 61.1 Å². The molecular weight excluding hydrogens is 400 g/mol. The second kappa shape index (κ2) is 10.7. The van der Waals surface area contributed by atoms with E-state index in [1.54, 1.807) is 17.7 Å². The quantitative estimate of drug-likeness (QED) is 0.389. The van der Waals surface area contributed by atoms with Crippen molar-refractivity contribution in [3.05, 3.63) is 100 Å². The molecule has 0 saturated carbocycles. The van der Waals surface area contributed by atoms with Crippen LogP contribution in [0.3, 0.4) is 0 Å². The predicted molar refractivity (Wildman–Crippen MR) is 127 cm³/mol. The predicted octanol–water partition coefficient (Wildman–Crippen LogP) is 3.87. The highest BCUT2D eigenvalue weighted by atomic mass is 16.5. The molecule has 6 heteroatoms. The first-order valence-electron chi connectivity index (χ1n) is 11.0. The van der Waals surface area contributed by atoms with Crippen LogP contribution >= 0.6 is 0 Å². The van der Waals surface area contributed by atoms with Crippen molar-refractivity contribution >= 4 is 10.9 Å². The summed E-state index contributed by atoms with van der Waals surface area (Å²) in [4.78, 5) is 20.4. The number of hydrogen-bond acceptors (Lipinski definition) is 5. The Bertz CT molecular complexity index is 1220. The third-order valence-electron chi connectivity index (χ3n) is 5.53. The van der Waals surface area contributed by atoms with E-state index in [2.05, 4.69) is 21.4 Å². The van der Waals surface area contributed by atoms with Crippen LogP contribution in [0.5, 0.6) is 5.75 Å². The summed E-state index contributed by atoms with van der Waals surface area (Å²) in [5.74, 6) is 0.834. The zero-order chi connectivity index (χ0) is 22.2. The monoisotopic (exact) mass is 428 g/mol. The number of ether oxygens (including phenoxy) is 1. The van der Waals surface area contributed by atoms with Gasteiger partial charge < -0.3 is 14.6 Å². The maximum Gasteiger partial charge on any atom is 0.250 e. The molecule has 0 atom stereocenters. The van der Waals surface area contributed by atoms with Gasteiger partial charge in [0.25, 0.3) is 5.56 Å². The number of aromatic nitrogens is 3. The van der Waals surface area contributed by atoms with Gasteiger partial charge in [-0.05, 0) is 73.0 Å². The minimum Gasteiger partial charge on any atom is -0.494 e. The van der Waals surface area contributed by atoms with Gasteiger partial charge in [0.15, 0.2) is 0 Å². The smallest absolute Gasteiger partial charge is 0.250 e. The van der Waals surface area contributed by atoms with Crippen LogP contribution in [0, 0.1) is 0 Å². The third kappa shape index (κ3) is 5.59. The van der Waals surface area contributed by atoms with E-state index in [4.69, 9.17) is 4.74 Å². The lowest BCUT2D eigenvalue weighted by atomic mass is 10.1. The Kier molecular flexibility index (Phi) is 7.25. The summed E-state index contributed by atoms with van der Waals surface area (Å²) in [6, 6.07) is 17.5. The van der Waals surface area contributed by atoms with Gasteiger partial charge in [0.2, 0.25) is 0 Å². The molecule has 0 radical (unpaired) electrons. The zero-order valence-electron chi connectivity index (χ0n) is 18.3. The van der Waals surface area contributed by atoms with Gasteiger partial charge in [0.05, 0.1) is 12.1 Å². The number of aryl methyl sites for hydroxylation is 1. The number of nitrogens with zero attached hydrogens (tertiary/aromatic N) is 3. The molecule has 0 aliphatic rings. The molecule has 6 nitrogen and oxygen atoms in total. The van der Waals surface area contributed by atoms with E-state index in [9.17, 15) is 4.79 Å². The van der Waals surface area contributed by atoms with Gasteiger partial charge in [-0.1, -0.05) is 6.07 Å². The summed E-state index contributed by atoms with van der Waals surface area (Å²) in [6.07, 6.45) is 8.30. The van der Waals surface area contributed by atoms with E-state index in [-0.39, 0.29) is 5.56 Å². The number of nitrogens with one attached hydrogen (secondary N) is 1. The SMILES string of the molecule is Cn1c(=O)ccc2cc(OCCCCNCc3cccnc3Cc3ccncc3)ccc21. The van der Waals surface area contributed by atoms with Crippen molar-refractivity contribution in [1.82, 2.24) is 19.9 Å². The highest BCUT2D eigenvalue weighted by Gasteiger charge is 2.05. The van der Waals surface area contributed by atoms with Crippen LogP contribution in [0.1, 0.15) is 29.7 Å². The summed E-state index contributed by atoms with van der Waals surface area (Å²) in [5.41, 5.74) is 4.45. The van der Waals surface area contributed by atoms with E-state index >= 15 is 0 Å². The number of benzene rings is 1. The molecule has 4 aromatic rings. The van der Waals surface area contributed by atoms with Crippen molar-refractivity contribution in [2.45, 2.75) is 25.8 Å². The molecule has 0 saturated heterocycles. The standard InChI is InChI=1S/C26H28N4O2/c1-30-25-8-7-23(18-21(25)6-9-26(30)31)32-16-3-2-12-28-19-22-5-4-13-29-24(22)17-20-10-14-27-15-11-20/h4-11,13-15,18,28H,2-3,12,16-17,19H2,1H3. The maximum atomic E-state index is 11.7. The molecule has 0 unspecified atom stereocenters. The van der Waals surface area contributed by atoms with Gasteiger partial charge in [-0.3, -0.25) is 14.8 Å².